The number of primary amides is 2. The lowest BCUT2D eigenvalue weighted by molar-refractivity contribution is -0.0979. The minimum absolute atomic E-state index is 0.706. The Bertz CT molecular complexity index is 813. The smallest absolute Gasteiger partial charge is 0.352 e. The molecule has 6 nitrogen and oxygen atoms in total. The van der Waals surface area contributed by atoms with Gasteiger partial charge in [-0.1, -0.05) is 30.3 Å². The van der Waals surface area contributed by atoms with Gasteiger partial charge in [0.2, 0.25) is 5.12 Å². The van der Waals surface area contributed by atoms with Gasteiger partial charge in [-0.05, 0) is 22.8 Å². The fraction of sp³-hybridized carbons (Fsp3) is 0. The molecule has 0 aliphatic heterocycles. The van der Waals surface area contributed by atoms with E-state index in [0.717, 1.165) is 15.9 Å². The molecule has 1 atom stereocenters. The van der Waals surface area contributed by atoms with Gasteiger partial charge < -0.3 is 16.3 Å². The van der Waals surface area contributed by atoms with E-state index in [1.54, 1.807) is 0 Å². The zero-order chi connectivity index (χ0) is 15.8. The highest BCUT2D eigenvalue weighted by Gasteiger charge is 2.14. The van der Waals surface area contributed by atoms with E-state index in [4.69, 9.17) is 13.8 Å². The summed E-state index contributed by atoms with van der Waals surface area (Å²) in [6.45, 7) is 2.00. The second-order valence-corrected chi connectivity index (χ2v) is 4.94. The summed E-state index contributed by atoms with van der Waals surface area (Å²) in [6.07, 6.45) is 0. The van der Waals surface area contributed by atoms with Crippen LogP contribution in [0.15, 0.2) is 52.7 Å². The van der Waals surface area contributed by atoms with Crippen LogP contribution in [-0.4, -0.2) is 12.8 Å². The first-order valence-corrected chi connectivity index (χ1v) is 6.95. The highest BCUT2D eigenvalue weighted by molar-refractivity contribution is 7.37. The second kappa shape index (κ2) is 7.77. The van der Waals surface area contributed by atoms with Gasteiger partial charge in [-0.3, -0.25) is 0 Å². The number of rotatable bonds is 0. The molecule has 1 heterocycles. The number of nitrogens with two attached hydrogens (primary N) is 2. The van der Waals surface area contributed by atoms with Crippen molar-refractivity contribution in [1.29, 1.82) is 0 Å². The Morgan fingerprint density at radius 1 is 0.952 bits per heavy atom. The summed E-state index contributed by atoms with van der Waals surface area (Å²) < 4.78 is 17.1. The molecule has 7 heteroatoms. The van der Waals surface area contributed by atoms with Gasteiger partial charge in [-0.15, -0.1) is 0 Å². The maximum Gasteiger partial charge on any atom is 0.597 e. The van der Waals surface area contributed by atoms with Crippen LogP contribution >= 0.6 is 7.65 Å². The van der Waals surface area contributed by atoms with E-state index in [9.17, 15) is 4.57 Å². The van der Waals surface area contributed by atoms with E-state index >= 15 is 0 Å². The molecule has 108 valence electrons. The zero-order valence-corrected chi connectivity index (χ0v) is 12.0. The lowest BCUT2D eigenvalue weighted by Crippen LogP contribution is -2.18. The maximum atomic E-state index is 11.8. The van der Waals surface area contributed by atoms with Crippen LogP contribution in [-0.2, 0) is 9.36 Å². The number of carbonyl (C=O) groups is 2. The Kier molecular flexibility index (Phi) is 6.04. The van der Waals surface area contributed by atoms with Gasteiger partial charge in [0.1, 0.15) is 6.79 Å². The normalized spacial score (nSPS) is 10.0. The van der Waals surface area contributed by atoms with Crippen molar-refractivity contribution in [2.75, 3.05) is 0 Å². The summed E-state index contributed by atoms with van der Waals surface area (Å²) in [5, 5.41) is 2.81. The van der Waals surface area contributed by atoms with Gasteiger partial charge in [-0.25, -0.2) is 8.99 Å². The topological polar surface area (TPSA) is 116 Å². The van der Waals surface area contributed by atoms with Crippen LogP contribution in [0.3, 0.4) is 0 Å². The zero-order valence-electron chi connectivity index (χ0n) is 11.1. The summed E-state index contributed by atoms with van der Waals surface area (Å²) in [5.41, 5.74) is 9.21. The van der Waals surface area contributed by atoms with E-state index < -0.39 is 13.7 Å². The first-order valence-electron chi connectivity index (χ1n) is 5.77. The van der Waals surface area contributed by atoms with E-state index in [1.807, 2.05) is 55.3 Å². The van der Waals surface area contributed by atoms with Crippen LogP contribution < -0.4 is 11.5 Å². The highest BCUT2D eigenvalue weighted by atomic mass is 31.1. The number of urea groups is 1. The first kappa shape index (κ1) is 16.3. The van der Waals surface area contributed by atoms with E-state index in [0.29, 0.717) is 5.58 Å². The quantitative estimate of drug-likeness (QED) is 0.620. The molecule has 3 rings (SSSR count). The van der Waals surface area contributed by atoms with Crippen LogP contribution in [0.5, 0.6) is 0 Å². The Morgan fingerprint density at radius 2 is 1.43 bits per heavy atom. The van der Waals surface area contributed by atoms with E-state index in [-0.39, 0.29) is 0 Å². The summed E-state index contributed by atoms with van der Waals surface area (Å²) in [6, 6.07) is 14.5. The fourth-order valence-corrected chi connectivity index (χ4v) is 2.80. The molecule has 21 heavy (non-hydrogen) atoms. The van der Waals surface area contributed by atoms with Crippen molar-refractivity contribution in [3.05, 3.63) is 48.5 Å². The Labute approximate surface area is 121 Å². The van der Waals surface area contributed by atoms with E-state index in [1.165, 1.54) is 0 Å². The number of para-hydroxylation sites is 1. The van der Waals surface area contributed by atoms with Crippen LogP contribution in [0.25, 0.3) is 21.5 Å². The van der Waals surface area contributed by atoms with Crippen molar-refractivity contribution in [3.63, 3.8) is 0 Å². The molecule has 1 unspecified atom stereocenters. The monoisotopic (exact) mass is 305 g/mol. The number of carbonyl (C=O) groups excluding carboxylic acids is 2. The average molecular weight is 305 g/mol. The molecule has 0 bridgehead atoms. The molecule has 0 saturated heterocycles. The van der Waals surface area contributed by atoms with Crippen LogP contribution in [0, 0.1) is 0 Å². The van der Waals surface area contributed by atoms with Gasteiger partial charge in [0.05, 0.1) is 0 Å². The molecule has 0 aliphatic rings. The van der Waals surface area contributed by atoms with Gasteiger partial charge in [0.25, 0.3) is 0 Å². The Morgan fingerprint density at radius 3 is 2.05 bits per heavy atom. The maximum absolute atomic E-state index is 11.8. The van der Waals surface area contributed by atoms with Crippen molar-refractivity contribution in [2.24, 2.45) is 11.5 Å². The molecule has 2 amide bonds. The van der Waals surface area contributed by atoms with Gasteiger partial charge in [0.15, 0.2) is 5.58 Å². The minimum Gasteiger partial charge on any atom is -0.352 e. The third kappa shape index (κ3) is 4.12. The van der Waals surface area contributed by atoms with Gasteiger partial charge in [-0.2, -0.15) is 0 Å². The first-order chi connectivity index (χ1) is 10.1. The molecular weight excluding hydrogens is 291 g/mol. The predicted molar refractivity (Wildman–Crippen MR) is 82.2 cm³/mol. The summed E-state index contributed by atoms with van der Waals surface area (Å²) in [5.74, 6) is 0. The Balaban J connectivity index is 0.000000322. The standard InChI is InChI=1S/C12H8O2P.CH4N2O.CH2O/c13-15-12-8-4-2-6-10(12)9-5-1-3-7-11(9)14-15;2-1(3)4;1-2/h1-8H;(H4,2,3,4);1H2/q+1;;. The van der Waals surface area contributed by atoms with E-state index in [2.05, 4.69) is 11.5 Å². The third-order valence-electron chi connectivity index (χ3n) is 2.46. The Hall–Kier alpha value is -2.72. The highest BCUT2D eigenvalue weighted by Crippen LogP contribution is 2.34. The fourth-order valence-electron chi connectivity index (χ4n) is 1.77. The predicted octanol–water partition coefficient (Wildman–Crippen LogP) is 3.17. The van der Waals surface area contributed by atoms with Crippen molar-refractivity contribution >= 4 is 41.9 Å². The minimum atomic E-state index is -1.74. The largest absolute Gasteiger partial charge is 0.597 e. The van der Waals surface area contributed by atoms with Crippen molar-refractivity contribution < 1.29 is 18.4 Å². The molecule has 3 aromatic rings. The van der Waals surface area contributed by atoms with Crippen LogP contribution in [0.1, 0.15) is 0 Å². The molecular formula is C14H14N2O4P+. The third-order valence-corrected chi connectivity index (χ3v) is 3.61. The van der Waals surface area contributed by atoms with Crippen molar-refractivity contribution in [1.82, 2.24) is 0 Å². The lowest BCUT2D eigenvalue weighted by Gasteiger charge is -1.94. The molecule has 0 radical (unpaired) electrons. The van der Waals surface area contributed by atoms with Crippen LogP contribution in [0.2, 0.25) is 0 Å². The molecule has 0 saturated carbocycles. The number of benzene rings is 2. The number of amides is 2. The molecule has 0 fully saturated rings. The van der Waals surface area contributed by atoms with Gasteiger partial charge in [0, 0.05) is 10.8 Å². The SMILES string of the molecule is C=O.NC(N)=O.O=[p+]1oc2ccccc2c2ccccc21. The molecule has 0 aliphatic carbocycles. The summed E-state index contributed by atoms with van der Waals surface area (Å²) in [7, 11) is -1.74. The summed E-state index contributed by atoms with van der Waals surface area (Å²) in [4.78, 5) is 17.0. The number of hydrogen-bond acceptors (Lipinski definition) is 4. The molecule has 2 aromatic carbocycles. The molecule has 0 spiro atoms. The summed E-state index contributed by atoms with van der Waals surface area (Å²) >= 11 is 0. The number of fused-ring (bicyclic) bond motifs is 3. The second-order valence-electron chi connectivity index (χ2n) is 3.76. The number of hydrogen-bond donors (Lipinski definition) is 2. The van der Waals surface area contributed by atoms with Crippen molar-refractivity contribution in [2.45, 2.75) is 0 Å². The molecule has 1 aromatic heterocycles. The van der Waals surface area contributed by atoms with Crippen LogP contribution in [0.4, 0.5) is 4.79 Å². The van der Waals surface area contributed by atoms with Crippen molar-refractivity contribution in [3.8, 4) is 0 Å². The average Bonchev–Trinajstić information content (AvgIpc) is 2.49. The van der Waals surface area contributed by atoms with Gasteiger partial charge >= 0.3 is 13.7 Å². The lowest BCUT2D eigenvalue weighted by atomic mass is 10.1. The molecule has 4 N–H and O–H groups in total.